The van der Waals surface area contributed by atoms with Crippen molar-refractivity contribution in [3.8, 4) is 0 Å². The third-order valence-corrected chi connectivity index (χ3v) is 1.77. The van der Waals surface area contributed by atoms with Crippen LogP contribution in [0.4, 0.5) is 5.95 Å². The third kappa shape index (κ3) is 1.88. The molecule has 0 aliphatic heterocycles. The minimum atomic E-state index is -0.117. The van der Waals surface area contributed by atoms with Crippen LogP contribution in [0.15, 0.2) is 24.3 Å². The van der Waals surface area contributed by atoms with Crippen molar-refractivity contribution in [3.63, 3.8) is 0 Å². The number of aromatic amines is 1. The summed E-state index contributed by atoms with van der Waals surface area (Å²) in [6, 6.07) is 6.56. The molecule has 0 amide bonds. The zero-order valence-corrected chi connectivity index (χ0v) is 8.64. The molecule has 0 atom stereocenters. The minimum absolute atomic E-state index is 0.117. The summed E-state index contributed by atoms with van der Waals surface area (Å²) in [5.41, 5.74) is 6.00. The number of hydrogen-bond donors (Lipinski definition) is 3. The Bertz CT molecular complexity index is 521. The summed E-state index contributed by atoms with van der Waals surface area (Å²) in [7, 11) is 0. The van der Waals surface area contributed by atoms with Crippen molar-refractivity contribution in [1.82, 2.24) is 5.10 Å². The molecule has 1 aromatic carbocycles. The van der Waals surface area contributed by atoms with Gasteiger partial charge in [-0.25, -0.2) is 0 Å². The van der Waals surface area contributed by atoms with Crippen LogP contribution < -0.4 is 15.0 Å². The van der Waals surface area contributed by atoms with E-state index in [0.29, 0.717) is 15.6 Å². The summed E-state index contributed by atoms with van der Waals surface area (Å²) in [4.78, 5) is 11.2. The van der Waals surface area contributed by atoms with Crippen molar-refractivity contribution in [2.75, 3.05) is 5.73 Å². The number of nitrogens with two attached hydrogens (primary N) is 1. The Labute approximate surface area is 86.1 Å². The van der Waals surface area contributed by atoms with Crippen LogP contribution in [0.2, 0.25) is 0 Å². The highest BCUT2D eigenvalue weighted by molar-refractivity contribution is 5.66. The summed E-state index contributed by atoms with van der Waals surface area (Å²) in [6.45, 7) is 4.00. The Kier molecular flexibility index (Phi) is 3.22. The Hall–Kier alpha value is -2.11. The lowest BCUT2D eigenvalue weighted by atomic mass is 10.3. The van der Waals surface area contributed by atoms with Crippen LogP contribution in [-0.2, 0) is 0 Å². The Morgan fingerprint density at radius 1 is 1.27 bits per heavy atom. The van der Waals surface area contributed by atoms with Crippen LogP contribution in [-0.4, -0.2) is 10.3 Å². The first-order valence-electron chi connectivity index (χ1n) is 4.64. The predicted molar refractivity (Wildman–Crippen MR) is 54.8 cm³/mol. The van der Waals surface area contributed by atoms with Gasteiger partial charge in [-0.05, 0) is 10.8 Å². The highest BCUT2D eigenvalue weighted by Gasteiger charge is 2.18. The molecule has 0 saturated heterocycles. The molecule has 0 aliphatic carbocycles. The number of nitrogens with one attached hydrogen (secondary N) is 1. The maximum atomic E-state index is 11.2. The number of nitrogens with zero attached hydrogens (tertiary/aromatic N) is 2. The Morgan fingerprint density at radius 3 is 2.40 bits per heavy atom. The molecular formula is C9H14N4O2+2. The minimum Gasteiger partial charge on any atom is -0.371 e. The van der Waals surface area contributed by atoms with E-state index in [1.165, 1.54) is 0 Å². The van der Waals surface area contributed by atoms with E-state index >= 15 is 0 Å². The highest BCUT2D eigenvalue weighted by atomic mass is 16.5. The molecule has 15 heavy (non-hydrogen) atoms. The second-order valence-corrected chi connectivity index (χ2v) is 2.59. The number of hydrogen-bond acceptors (Lipinski definition) is 3. The van der Waals surface area contributed by atoms with Crippen molar-refractivity contribution in [2.45, 2.75) is 13.8 Å². The topological polar surface area (TPSA) is 88.9 Å². The van der Waals surface area contributed by atoms with E-state index in [1.807, 2.05) is 13.8 Å². The van der Waals surface area contributed by atoms with Gasteiger partial charge >= 0.3 is 11.5 Å². The average molecular weight is 210 g/mol. The Balaban J connectivity index is 0.000000531. The van der Waals surface area contributed by atoms with Crippen LogP contribution in [0, 0.1) is 4.91 Å². The van der Waals surface area contributed by atoms with E-state index in [-0.39, 0.29) is 5.95 Å². The van der Waals surface area contributed by atoms with Crippen LogP contribution in [0.5, 0.6) is 0 Å². The Morgan fingerprint density at radius 2 is 1.80 bits per heavy atom. The molecule has 1 aromatic heterocycles. The number of H-pyrrole nitrogens is 1. The first-order valence-corrected chi connectivity index (χ1v) is 4.64. The lowest BCUT2D eigenvalue weighted by Gasteiger charge is -1.92. The van der Waals surface area contributed by atoms with Gasteiger partial charge < -0.3 is 5.21 Å². The summed E-state index contributed by atoms with van der Waals surface area (Å²) < 4.78 is 1.22. The van der Waals surface area contributed by atoms with Gasteiger partial charge in [-0.1, -0.05) is 26.0 Å². The van der Waals surface area contributed by atoms with Gasteiger partial charge in [0.1, 0.15) is 0 Å². The molecule has 2 rings (SSSR count). The number of rotatable bonds is 0. The molecule has 6 heteroatoms. The van der Waals surface area contributed by atoms with Crippen LogP contribution in [0.25, 0.3) is 11.0 Å². The number of nitrogen functional groups attached to an aromatic ring is 1. The average Bonchev–Trinajstić information content (AvgIpc) is 2.29. The molecule has 0 unspecified atom stereocenters. The lowest BCUT2D eigenvalue weighted by Crippen LogP contribution is -2.41. The number of para-hydroxylation sites is 2. The molecule has 1 heterocycles. The van der Waals surface area contributed by atoms with Gasteiger partial charge in [0.25, 0.3) is 0 Å². The third-order valence-electron chi connectivity index (χ3n) is 1.77. The van der Waals surface area contributed by atoms with Crippen LogP contribution in [0.3, 0.4) is 0 Å². The summed E-state index contributed by atoms with van der Waals surface area (Å²) in [5.74, 6) is -0.117. The molecule has 0 radical (unpaired) electrons. The quantitative estimate of drug-likeness (QED) is 0.429. The SMILES string of the molecule is CC.Nc1[nH][n+](=O)c2ccccc2[n+]1O. The van der Waals surface area contributed by atoms with Crippen molar-refractivity contribution in [1.29, 1.82) is 0 Å². The van der Waals surface area contributed by atoms with E-state index in [4.69, 9.17) is 5.73 Å². The molecular weight excluding hydrogens is 196 g/mol. The molecule has 0 saturated carbocycles. The smallest absolute Gasteiger partial charge is 0.371 e. The van der Waals surface area contributed by atoms with Gasteiger partial charge in [-0.2, -0.15) is 0 Å². The maximum absolute atomic E-state index is 11.2. The number of benzene rings is 1. The lowest BCUT2D eigenvalue weighted by molar-refractivity contribution is -0.880. The molecule has 0 spiro atoms. The van der Waals surface area contributed by atoms with E-state index < -0.39 is 0 Å². The molecule has 4 N–H and O–H groups in total. The van der Waals surface area contributed by atoms with E-state index in [0.717, 1.165) is 4.73 Å². The zero-order valence-electron chi connectivity index (χ0n) is 8.64. The molecule has 6 nitrogen and oxygen atoms in total. The summed E-state index contributed by atoms with van der Waals surface area (Å²) in [6.07, 6.45) is 0. The van der Waals surface area contributed by atoms with Crippen molar-refractivity contribution in [3.05, 3.63) is 29.2 Å². The number of aromatic nitrogens is 3. The molecule has 0 bridgehead atoms. The summed E-state index contributed by atoms with van der Waals surface area (Å²) in [5, 5.41) is 11.6. The predicted octanol–water partition coefficient (Wildman–Crippen LogP) is 0.216. The van der Waals surface area contributed by atoms with Crippen molar-refractivity contribution in [2.24, 2.45) is 0 Å². The monoisotopic (exact) mass is 210 g/mol. The van der Waals surface area contributed by atoms with Gasteiger partial charge in [-0.15, -0.1) is 0 Å². The fourth-order valence-corrected chi connectivity index (χ4v) is 1.16. The van der Waals surface area contributed by atoms with Crippen LogP contribution in [0.1, 0.15) is 13.8 Å². The van der Waals surface area contributed by atoms with Crippen LogP contribution >= 0.6 is 0 Å². The largest absolute Gasteiger partial charge is 0.447 e. The standard InChI is InChI=1S/C7H7N4O2.C2H6/c8-7-9-11(13)6-4-2-1-3-5(6)10(7)12;1-2/h1-4,12H,(H2,8,9,13);1-2H3/q+1;/p+1. The van der Waals surface area contributed by atoms with Gasteiger partial charge in [-0.3, -0.25) is 5.73 Å². The van der Waals surface area contributed by atoms with E-state index in [9.17, 15) is 10.1 Å². The summed E-state index contributed by atoms with van der Waals surface area (Å²) >= 11 is 0. The van der Waals surface area contributed by atoms with Gasteiger partial charge in [0.2, 0.25) is 10.1 Å². The number of fused-ring (bicyclic) bond motifs is 1. The molecule has 2 aromatic rings. The number of anilines is 1. The fraction of sp³-hybridized carbons (Fsp3) is 0.222. The van der Waals surface area contributed by atoms with Gasteiger partial charge in [0.05, 0.1) is 4.91 Å². The van der Waals surface area contributed by atoms with Crippen molar-refractivity contribution >= 4 is 17.0 Å². The fourth-order valence-electron chi connectivity index (χ4n) is 1.16. The van der Waals surface area contributed by atoms with Gasteiger partial charge in [0.15, 0.2) is 0 Å². The van der Waals surface area contributed by atoms with E-state index in [2.05, 4.69) is 5.10 Å². The van der Waals surface area contributed by atoms with Crippen molar-refractivity contribution < 1.29 is 14.5 Å². The highest BCUT2D eigenvalue weighted by Crippen LogP contribution is 2.01. The first-order chi connectivity index (χ1) is 7.20. The molecule has 0 aliphatic rings. The normalized spacial score (nSPS) is 9.47. The maximum Gasteiger partial charge on any atom is 0.447 e. The van der Waals surface area contributed by atoms with E-state index in [1.54, 1.807) is 24.3 Å². The molecule has 0 fully saturated rings. The molecule has 80 valence electrons. The first kappa shape index (κ1) is 11.0. The zero-order chi connectivity index (χ0) is 11.4. The van der Waals surface area contributed by atoms with Gasteiger partial charge in [0, 0.05) is 11.2 Å². The second kappa shape index (κ2) is 4.41. The second-order valence-electron chi connectivity index (χ2n) is 2.59.